The molecule has 3 saturated heterocycles. The second-order valence-corrected chi connectivity index (χ2v) is 11.2. The number of likely N-dealkylation sites (tertiary alicyclic amines) is 1. The third kappa shape index (κ3) is 3.67. The molecule has 3 aliphatic rings. The second-order valence-electron chi connectivity index (χ2n) is 9.58. The second kappa shape index (κ2) is 8.10. The van der Waals surface area contributed by atoms with E-state index in [1.165, 1.54) is 0 Å². The molecule has 0 saturated carbocycles. The Hall–Kier alpha value is -1.28. The third-order valence-corrected chi connectivity index (χ3v) is 8.36. The van der Waals surface area contributed by atoms with E-state index in [1.807, 2.05) is 34.6 Å². The van der Waals surface area contributed by atoms with E-state index in [0.29, 0.717) is 13.0 Å². The number of aliphatic hydroxyl groups excluding tert-OH is 1. The predicted molar refractivity (Wildman–Crippen MR) is 113 cm³/mol. The van der Waals surface area contributed by atoms with Gasteiger partial charge in [-0.1, -0.05) is 13.8 Å². The third-order valence-electron chi connectivity index (χ3n) is 6.41. The highest BCUT2D eigenvalue weighted by Gasteiger charge is 2.74. The maximum Gasteiger partial charge on any atom is 0.244 e. The topological polar surface area (TPSA) is 98.7 Å². The first-order chi connectivity index (χ1) is 13.6. The number of rotatable bonds is 7. The van der Waals surface area contributed by atoms with Gasteiger partial charge in [0, 0.05) is 17.3 Å². The van der Waals surface area contributed by atoms with Gasteiger partial charge in [-0.2, -0.15) is 0 Å². The molecule has 0 aromatic heterocycles. The van der Waals surface area contributed by atoms with Gasteiger partial charge in [0.1, 0.15) is 6.04 Å². The number of hydrogen-bond acceptors (Lipinski definition) is 5. The first-order valence-corrected chi connectivity index (χ1v) is 11.7. The Bertz CT molecular complexity index is 675. The fourth-order valence-corrected chi connectivity index (χ4v) is 7.51. The van der Waals surface area contributed by atoms with Crippen molar-refractivity contribution in [1.29, 1.82) is 0 Å². The van der Waals surface area contributed by atoms with Crippen molar-refractivity contribution in [2.75, 3.05) is 13.2 Å². The summed E-state index contributed by atoms with van der Waals surface area (Å²) in [5.74, 6) is -1.30. The maximum absolute atomic E-state index is 13.6. The first-order valence-electron chi connectivity index (χ1n) is 10.8. The monoisotopic (exact) mass is 425 g/mol. The van der Waals surface area contributed by atoms with Gasteiger partial charge >= 0.3 is 0 Å². The zero-order valence-corrected chi connectivity index (χ0v) is 19.0. The summed E-state index contributed by atoms with van der Waals surface area (Å²) in [6.07, 6.45) is 2.98. The highest BCUT2D eigenvalue weighted by atomic mass is 32.2. The highest BCUT2D eigenvalue weighted by molar-refractivity contribution is 8.02. The SMILES string of the molecule is CCCNC(=O)[C@@H]1[C@H]2C(=O)N([C@@H](CC)CO)C(C(=O)NC(C)(C)C)C23CC[C@H]1S3. The number of nitrogens with zero attached hydrogens (tertiary/aromatic N) is 1. The Kier molecular flexibility index (Phi) is 6.26. The summed E-state index contributed by atoms with van der Waals surface area (Å²) in [7, 11) is 0. The Morgan fingerprint density at radius 3 is 2.55 bits per heavy atom. The molecule has 7 nitrogen and oxygen atoms in total. The van der Waals surface area contributed by atoms with Crippen LogP contribution < -0.4 is 10.6 Å². The Balaban J connectivity index is 2.01. The minimum atomic E-state index is -0.657. The van der Waals surface area contributed by atoms with Gasteiger partial charge in [-0.05, 0) is 46.5 Å². The number of carbonyl (C=O) groups excluding carboxylic acids is 3. The quantitative estimate of drug-likeness (QED) is 0.571. The molecule has 1 spiro atoms. The molecule has 164 valence electrons. The Morgan fingerprint density at radius 2 is 2.00 bits per heavy atom. The summed E-state index contributed by atoms with van der Waals surface area (Å²) in [5, 5.41) is 16.0. The highest BCUT2D eigenvalue weighted by Crippen LogP contribution is 2.66. The molecule has 0 aromatic carbocycles. The smallest absolute Gasteiger partial charge is 0.244 e. The number of hydrogen-bond donors (Lipinski definition) is 3. The lowest BCUT2D eigenvalue weighted by molar-refractivity contribution is -0.143. The van der Waals surface area contributed by atoms with Gasteiger partial charge in [0.2, 0.25) is 17.7 Å². The summed E-state index contributed by atoms with van der Waals surface area (Å²) in [6, 6.07) is -1.08. The number of carbonyl (C=O) groups is 3. The zero-order valence-electron chi connectivity index (χ0n) is 18.2. The van der Waals surface area contributed by atoms with Crippen LogP contribution in [0.25, 0.3) is 0 Å². The average Bonchev–Trinajstić information content (AvgIpc) is 3.27. The van der Waals surface area contributed by atoms with E-state index in [2.05, 4.69) is 10.6 Å². The van der Waals surface area contributed by atoms with Gasteiger partial charge in [-0.3, -0.25) is 14.4 Å². The van der Waals surface area contributed by atoms with Crippen LogP contribution in [0.1, 0.15) is 60.3 Å². The standard InChI is InChI=1S/C21H35N3O4S/c1-6-10-22-17(26)14-13-8-9-21(29-13)15(14)19(28)24(12(7-2)11-25)16(21)18(27)23-20(3,4)5/h12-16,25H,6-11H2,1-5H3,(H,22,26)(H,23,27)/t12-,13+,14-,15-,16?,21?/m0/s1. The Morgan fingerprint density at radius 1 is 1.31 bits per heavy atom. The number of amides is 3. The van der Waals surface area contributed by atoms with Crippen LogP contribution in [0.4, 0.5) is 0 Å². The molecule has 3 amide bonds. The summed E-state index contributed by atoms with van der Waals surface area (Å²) in [6.45, 7) is 10.1. The first kappa shape index (κ1) is 22.4. The van der Waals surface area contributed by atoms with Crippen molar-refractivity contribution in [2.24, 2.45) is 11.8 Å². The number of fused-ring (bicyclic) bond motifs is 1. The van der Waals surface area contributed by atoms with E-state index in [1.54, 1.807) is 16.7 Å². The van der Waals surface area contributed by atoms with Crippen molar-refractivity contribution in [2.45, 2.75) is 87.9 Å². The van der Waals surface area contributed by atoms with Gasteiger partial charge in [-0.25, -0.2) is 0 Å². The predicted octanol–water partition coefficient (Wildman–Crippen LogP) is 1.29. The number of nitrogens with one attached hydrogen (secondary N) is 2. The van der Waals surface area contributed by atoms with Crippen molar-refractivity contribution in [3.8, 4) is 0 Å². The molecule has 3 aliphatic heterocycles. The Labute approximate surface area is 177 Å². The lowest BCUT2D eigenvalue weighted by Crippen LogP contribution is -2.59. The fraction of sp³-hybridized carbons (Fsp3) is 0.857. The summed E-state index contributed by atoms with van der Waals surface area (Å²) in [4.78, 5) is 41.6. The van der Waals surface area contributed by atoms with Crippen LogP contribution in [0, 0.1) is 11.8 Å². The summed E-state index contributed by atoms with van der Waals surface area (Å²) < 4.78 is -0.589. The molecular formula is C21H35N3O4S. The molecule has 3 rings (SSSR count). The zero-order chi connectivity index (χ0) is 21.6. The van der Waals surface area contributed by atoms with E-state index in [-0.39, 0.29) is 29.6 Å². The van der Waals surface area contributed by atoms with Gasteiger partial charge in [0.25, 0.3) is 0 Å². The van der Waals surface area contributed by atoms with E-state index in [0.717, 1.165) is 19.3 Å². The molecule has 0 aliphatic carbocycles. The van der Waals surface area contributed by atoms with E-state index < -0.39 is 34.2 Å². The lowest BCUT2D eigenvalue weighted by atomic mass is 9.70. The van der Waals surface area contributed by atoms with Gasteiger partial charge in [-0.15, -0.1) is 11.8 Å². The van der Waals surface area contributed by atoms with Crippen molar-refractivity contribution in [3.05, 3.63) is 0 Å². The van der Waals surface area contributed by atoms with Gasteiger partial charge in [0.15, 0.2) is 0 Å². The van der Waals surface area contributed by atoms with Crippen LogP contribution in [0.5, 0.6) is 0 Å². The number of thioether (sulfide) groups is 1. The minimum absolute atomic E-state index is 0.0712. The molecule has 2 unspecified atom stereocenters. The number of aliphatic hydroxyl groups is 1. The summed E-state index contributed by atoms with van der Waals surface area (Å²) >= 11 is 1.66. The molecule has 8 heteroatoms. The molecule has 29 heavy (non-hydrogen) atoms. The van der Waals surface area contributed by atoms with Gasteiger partial charge in [0.05, 0.1) is 29.2 Å². The van der Waals surface area contributed by atoms with E-state index >= 15 is 0 Å². The molecule has 0 aromatic rings. The average molecular weight is 426 g/mol. The van der Waals surface area contributed by atoms with Crippen molar-refractivity contribution < 1.29 is 19.5 Å². The summed E-state index contributed by atoms with van der Waals surface area (Å²) in [5.41, 5.74) is -0.430. The van der Waals surface area contributed by atoms with Crippen LogP contribution in [-0.4, -0.2) is 68.5 Å². The van der Waals surface area contributed by atoms with Crippen LogP contribution in [0.3, 0.4) is 0 Å². The van der Waals surface area contributed by atoms with E-state index in [9.17, 15) is 19.5 Å². The molecule has 2 bridgehead atoms. The molecule has 3 N–H and O–H groups in total. The van der Waals surface area contributed by atoms with Crippen LogP contribution in [-0.2, 0) is 14.4 Å². The van der Waals surface area contributed by atoms with E-state index in [4.69, 9.17) is 0 Å². The van der Waals surface area contributed by atoms with Gasteiger partial charge < -0.3 is 20.6 Å². The fourth-order valence-electron chi connectivity index (χ4n) is 5.30. The molecule has 3 fully saturated rings. The normalized spacial score (nSPS) is 34.3. The van der Waals surface area contributed by atoms with Crippen molar-refractivity contribution >= 4 is 29.5 Å². The molecule has 6 atom stereocenters. The maximum atomic E-state index is 13.6. The minimum Gasteiger partial charge on any atom is -0.394 e. The van der Waals surface area contributed by atoms with Crippen molar-refractivity contribution in [1.82, 2.24) is 15.5 Å². The lowest BCUT2D eigenvalue weighted by Gasteiger charge is -2.38. The van der Waals surface area contributed by atoms with Crippen LogP contribution in [0.15, 0.2) is 0 Å². The largest absolute Gasteiger partial charge is 0.394 e. The molecule has 3 heterocycles. The van der Waals surface area contributed by atoms with Crippen LogP contribution in [0.2, 0.25) is 0 Å². The van der Waals surface area contributed by atoms with Crippen molar-refractivity contribution in [3.63, 3.8) is 0 Å². The van der Waals surface area contributed by atoms with Crippen LogP contribution >= 0.6 is 11.8 Å². The molecule has 0 radical (unpaired) electrons. The molecular weight excluding hydrogens is 390 g/mol.